The number of amides is 2. The van der Waals surface area contributed by atoms with Gasteiger partial charge in [-0.05, 0) is 26.3 Å². The molecule has 1 atom stereocenters. The average molecular weight is 243 g/mol. The molecular formula is C12H25N3O2. The molecule has 0 aromatic rings. The van der Waals surface area contributed by atoms with E-state index in [4.69, 9.17) is 4.74 Å². The van der Waals surface area contributed by atoms with Crippen LogP contribution in [0, 0.1) is 0 Å². The van der Waals surface area contributed by atoms with Crippen molar-refractivity contribution in [2.24, 2.45) is 0 Å². The molecule has 1 aliphatic rings. The number of nitrogens with one attached hydrogen (secondary N) is 1. The normalized spacial score (nSPS) is 19.4. The highest BCUT2D eigenvalue weighted by Crippen LogP contribution is 2.08. The molecule has 1 rings (SSSR count). The number of nitrogens with zero attached hydrogens (tertiary/aromatic N) is 2. The first-order chi connectivity index (χ1) is 8.19. The van der Waals surface area contributed by atoms with Gasteiger partial charge in [0.05, 0.1) is 6.61 Å². The zero-order chi connectivity index (χ0) is 12.7. The molecule has 0 saturated carbocycles. The van der Waals surface area contributed by atoms with Gasteiger partial charge in [-0.2, -0.15) is 0 Å². The van der Waals surface area contributed by atoms with E-state index in [1.54, 1.807) is 12.0 Å². The predicted octanol–water partition coefficient (Wildman–Crippen LogP) is 0.759. The van der Waals surface area contributed by atoms with Crippen LogP contribution in [0.2, 0.25) is 0 Å². The van der Waals surface area contributed by atoms with Crippen LogP contribution in [0.25, 0.3) is 0 Å². The summed E-state index contributed by atoms with van der Waals surface area (Å²) in [4.78, 5) is 15.8. The molecule has 5 nitrogen and oxygen atoms in total. The first-order valence-corrected chi connectivity index (χ1v) is 6.41. The molecule has 1 fully saturated rings. The molecule has 0 aliphatic carbocycles. The molecule has 0 aromatic carbocycles. The fourth-order valence-corrected chi connectivity index (χ4v) is 2.02. The van der Waals surface area contributed by atoms with Gasteiger partial charge in [0.1, 0.15) is 0 Å². The van der Waals surface area contributed by atoms with Crippen molar-refractivity contribution in [3.8, 4) is 0 Å². The maximum Gasteiger partial charge on any atom is 0.319 e. The lowest BCUT2D eigenvalue weighted by Crippen LogP contribution is -2.47. The highest BCUT2D eigenvalue weighted by Gasteiger charge is 2.22. The fourth-order valence-electron chi connectivity index (χ4n) is 2.02. The van der Waals surface area contributed by atoms with Crippen LogP contribution >= 0.6 is 0 Å². The van der Waals surface area contributed by atoms with Crippen LogP contribution in [0.3, 0.4) is 0 Å². The lowest BCUT2D eigenvalue weighted by Gasteiger charge is -2.29. The van der Waals surface area contributed by atoms with Gasteiger partial charge in [-0.1, -0.05) is 0 Å². The predicted molar refractivity (Wildman–Crippen MR) is 68.2 cm³/mol. The van der Waals surface area contributed by atoms with Crippen LogP contribution < -0.4 is 5.32 Å². The van der Waals surface area contributed by atoms with Crippen molar-refractivity contribution in [3.05, 3.63) is 0 Å². The third-order valence-corrected chi connectivity index (χ3v) is 3.24. The van der Waals surface area contributed by atoms with E-state index in [-0.39, 0.29) is 6.03 Å². The highest BCUT2D eigenvalue weighted by atomic mass is 16.5. The Labute approximate surface area is 104 Å². The molecular weight excluding hydrogens is 218 g/mol. The Morgan fingerprint density at radius 3 is 2.82 bits per heavy atom. The third-order valence-electron chi connectivity index (χ3n) is 3.24. The van der Waals surface area contributed by atoms with Crippen molar-refractivity contribution in [2.45, 2.75) is 25.8 Å². The van der Waals surface area contributed by atoms with Crippen LogP contribution in [-0.2, 0) is 4.74 Å². The maximum atomic E-state index is 12.1. The minimum Gasteiger partial charge on any atom is -0.383 e. The van der Waals surface area contributed by atoms with Crippen LogP contribution in [-0.4, -0.2) is 68.8 Å². The van der Waals surface area contributed by atoms with E-state index in [1.165, 1.54) is 6.42 Å². The highest BCUT2D eigenvalue weighted by molar-refractivity contribution is 5.74. The SMILES string of the molecule is CCN(C)C(=O)N(CCOC)CC1CCCN1. The molecule has 100 valence electrons. The standard InChI is InChI=1S/C12H25N3O2/c1-4-14(2)12(16)15(8-9-17-3)10-11-6-5-7-13-11/h11,13H,4-10H2,1-3H3. The zero-order valence-electron chi connectivity index (χ0n) is 11.2. The van der Waals surface area contributed by atoms with Crippen molar-refractivity contribution >= 4 is 6.03 Å². The Bertz CT molecular complexity index is 230. The summed E-state index contributed by atoms with van der Waals surface area (Å²) in [6.45, 7) is 5.83. The lowest BCUT2D eigenvalue weighted by molar-refractivity contribution is 0.127. The van der Waals surface area contributed by atoms with Gasteiger partial charge in [-0.15, -0.1) is 0 Å². The monoisotopic (exact) mass is 243 g/mol. The molecule has 0 radical (unpaired) electrons. The van der Waals surface area contributed by atoms with E-state index in [2.05, 4.69) is 5.32 Å². The molecule has 1 unspecified atom stereocenters. The molecule has 1 saturated heterocycles. The summed E-state index contributed by atoms with van der Waals surface area (Å²) in [5.74, 6) is 0. The molecule has 17 heavy (non-hydrogen) atoms. The minimum atomic E-state index is 0.0956. The van der Waals surface area contributed by atoms with Crippen molar-refractivity contribution in [3.63, 3.8) is 0 Å². The summed E-state index contributed by atoms with van der Waals surface area (Å²) in [5, 5.41) is 3.42. The van der Waals surface area contributed by atoms with Gasteiger partial charge in [0.25, 0.3) is 0 Å². The van der Waals surface area contributed by atoms with Crippen molar-refractivity contribution < 1.29 is 9.53 Å². The van der Waals surface area contributed by atoms with Crippen molar-refractivity contribution in [2.75, 3.05) is 46.9 Å². The van der Waals surface area contributed by atoms with E-state index in [9.17, 15) is 4.79 Å². The topological polar surface area (TPSA) is 44.8 Å². The average Bonchev–Trinajstić information content (AvgIpc) is 2.85. The lowest BCUT2D eigenvalue weighted by atomic mass is 10.2. The molecule has 0 aromatic heterocycles. The summed E-state index contributed by atoms with van der Waals surface area (Å²) in [5.41, 5.74) is 0. The minimum absolute atomic E-state index is 0.0956. The third kappa shape index (κ3) is 4.52. The van der Waals surface area contributed by atoms with E-state index in [0.717, 1.165) is 26.1 Å². The van der Waals surface area contributed by atoms with Crippen LogP contribution in [0.1, 0.15) is 19.8 Å². The first kappa shape index (κ1) is 14.3. The Morgan fingerprint density at radius 1 is 1.53 bits per heavy atom. The summed E-state index contributed by atoms with van der Waals surface area (Å²) in [7, 11) is 3.50. The molecule has 2 amide bonds. The van der Waals surface area contributed by atoms with E-state index < -0.39 is 0 Å². The Balaban J connectivity index is 2.48. The Hall–Kier alpha value is -0.810. The number of carbonyl (C=O) groups is 1. The first-order valence-electron chi connectivity index (χ1n) is 6.41. The maximum absolute atomic E-state index is 12.1. The van der Waals surface area contributed by atoms with E-state index >= 15 is 0 Å². The second kappa shape index (κ2) is 7.50. The van der Waals surface area contributed by atoms with Gasteiger partial charge in [0.2, 0.25) is 0 Å². The quantitative estimate of drug-likeness (QED) is 0.749. The Morgan fingerprint density at radius 2 is 2.29 bits per heavy atom. The summed E-state index contributed by atoms with van der Waals surface area (Å²) < 4.78 is 5.07. The van der Waals surface area contributed by atoms with Crippen LogP contribution in [0.15, 0.2) is 0 Å². The molecule has 0 spiro atoms. The molecule has 5 heteroatoms. The van der Waals surface area contributed by atoms with Crippen molar-refractivity contribution in [1.29, 1.82) is 0 Å². The number of rotatable bonds is 6. The Kier molecular flexibility index (Phi) is 6.29. The van der Waals surface area contributed by atoms with Crippen molar-refractivity contribution in [1.82, 2.24) is 15.1 Å². The van der Waals surface area contributed by atoms with Crippen LogP contribution in [0.4, 0.5) is 4.79 Å². The molecule has 1 N–H and O–H groups in total. The smallest absolute Gasteiger partial charge is 0.319 e. The fraction of sp³-hybridized carbons (Fsp3) is 0.917. The molecule has 1 heterocycles. The van der Waals surface area contributed by atoms with Crippen LogP contribution in [0.5, 0.6) is 0 Å². The largest absolute Gasteiger partial charge is 0.383 e. The van der Waals surface area contributed by atoms with Gasteiger partial charge in [-0.25, -0.2) is 4.79 Å². The summed E-state index contributed by atoms with van der Waals surface area (Å²) in [6.07, 6.45) is 2.37. The summed E-state index contributed by atoms with van der Waals surface area (Å²) in [6, 6.07) is 0.541. The summed E-state index contributed by atoms with van der Waals surface area (Å²) >= 11 is 0. The zero-order valence-corrected chi connectivity index (χ0v) is 11.2. The van der Waals surface area contributed by atoms with Gasteiger partial charge in [-0.3, -0.25) is 0 Å². The van der Waals surface area contributed by atoms with E-state index in [1.807, 2.05) is 18.9 Å². The number of ether oxygens (including phenoxy) is 1. The second-order valence-corrected chi connectivity index (χ2v) is 4.53. The number of carbonyl (C=O) groups excluding carboxylic acids is 1. The van der Waals surface area contributed by atoms with Gasteiger partial charge in [0.15, 0.2) is 0 Å². The molecule has 0 bridgehead atoms. The van der Waals surface area contributed by atoms with Gasteiger partial charge in [0, 0.05) is 39.8 Å². The second-order valence-electron chi connectivity index (χ2n) is 4.53. The van der Waals surface area contributed by atoms with Gasteiger partial charge >= 0.3 is 6.03 Å². The van der Waals surface area contributed by atoms with Gasteiger partial charge < -0.3 is 19.9 Å². The number of hydrogen-bond donors (Lipinski definition) is 1. The number of hydrogen-bond acceptors (Lipinski definition) is 3. The number of urea groups is 1. The molecule has 1 aliphatic heterocycles. The van der Waals surface area contributed by atoms with E-state index in [0.29, 0.717) is 19.2 Å². The number of methoxy groups -OCH3 is 1.